The van der Waals surface area contributed by atoms with Gasteiger partial charge >= 0.3 is 5.97 Å². The second-order valence-electron chi connectivity index (χ2n) is 5.29. The number of thiazole rings is 1. The highest BCUT2D eigenvalue weighted by Gasteiger charge is 2.19. The van der Waals surface area contributed by atoms with E-state index < -0.39 is 10.9 Å². The Labute approximate surface area is 147 Å². The Kier molecular flexibility index (Phi) is 4.85. The molecule has 0 aliphatic carbocycles. The van der Waals surface area contributed by atoms with E-state index in [0.717, 1.165) is 10.6 Å². The van der Waals surface area contributed by atoms with Crippen LogP contribution in [0.2, 0.25) is 0 Å². The summed E-state index contributed by atoms with van der Waals surface area (Å²) in [5.41, 5.74) is 2.02. The Morgan fingerprint density at radius 3 is 2.68 bits per heavy atom. The number of hydrogen-bond acceptors (Lipinski definition) is 6. The molecule has 1 aromatic heterocycles. The van der Waals surface area contributed by atoms with Gasteiger partial charge in [-0.2, -0.15) is 0 Å². The van der Waals surface area contributed by atoms with Gasteiger partial charge in [0.15, 0.2) is 0 Å². The van der Waals surface area contributed by atoms with Gasteiger partial charge in [-0.3, -0.25) is 10.1 Å². The fourth-order valence-electron chi connectivity index (χ4n) is 2.35. The van der Waals surface area contributed by atoms with Gasteiger partial charge in [-0.1, -0.05) is 36.4 Å². The Bertz CT molecular complexity index is 922. The van der Waals surface area contributed by atoms with Crippen LogP contribution in [0.15, 0.2) is 53.9 Å². The van der Waals surface area contributed by atoms with Gasteiger partial charge in [0.2, 0.25) is 0 Å². The lowest BCUT2D eigenvalue weighted by Crippen LogP contribution is -2.08. The van der Waals surface area contributed by atoms with Crippen molar-refractivity contribution in [3.8, 4) is 10.6 Å². The van der Waals surface area contributed by atoms with E-state index in [-0.39, 0.29) is 17.9 Å². The molecule has 1 heterocycles. The SMILES string of the molecule is Cc1c(C(=O)OCc2csc(-c3ccccc3)n2)cccc1[N+](=O)[O-]. The summed E-state index contributed by atoms with van der Waals surface area (Å²) in [6, 6.07) is 14.1. The number of esters is 1. The predicted molar refractivity (Wildman–Crippen MR) is 94.5 cm³/mol. The van der Waals surface area contributed by atoms with Crippen molar-refractivity contribution in [3.63, 3.8) is 0 Å². The second kappa shape index (κ2) is 7.23. The number of aromatic nitrogens is 1. The van der Waals surface area contributed by atoms with Gasteiger partial charge in [-0.15, -0.1) is 11.3 Å². The van der Waals surface area contributed by atoms with E-state index in [1.54, 1.807) is 0 Å². The number of ether oxygens (including phenoxy) is 1. The Hall–Kier alpha value is -3.06. The highest BCUT2D eigenvalue weighted by Crippen LogP contribution is 2.25. The van der Waals surface area contributed by atoms with Crippen LogP contribution in [0.4, 0.5) is 5.69 Å². The van der Waals surface area contributed by atoms with Gasteiger partial charge < -0.3 is 4.74 Å². The van der Waals surface area contributed by atoms with Crippen LogP contribution < -0.4 is 0 Å². The molecular formula is C18H14N2O4S. The summed E-state index contributed by atoms with van der Waals surface area (Å²) in [5.74, 6) is -0.601. The van der Waals surface area contributed by atoms with Crippen molar-refractivity contribution in [2.24, 2.45) is 0 Å². The zero-order valence-electron chi connectivity index (χ0n) is 13.3. The topological polar surface area (TPSA) is 82.3 Å². The number of carbonyl (C=O) groups excluding carboxylic acids is 1. The van der Waals surface area contributed by atoms with Gasteiger partial charge in [0.05, 0.1) is 16.2 Å². The molecule has 126 valence electrons. The quantitative estimate of drug-likeness (QED) is 0.386. The van der Waals surface area contributed by atoms with E-state index in [1.807, 2.05) is 35.7 Å². The molecule has 0 atom stereocenters. The largest absolute Gasteiger partial charge is 0.456 e. The van der Waals surface area contributed by atoms with E-state index in [9.17, 15) is 14.9 Å². The molecule has 0 unspecified atom stereocenters. The third-order valence-electron chi connectivity index (χ3n) is 3.65. The minimum Gasteiger partial charge on any atom is -0.456 e. The molecular weight excluding hydrogens is 340 g/mol. The van der Waals surface area contributed by atoms with Crippen LogP contribution in [0, 0.1) is 17.0 Å². The Morgan fingerprint density at radius 2 is 1.96 bits per heavy atom. The van der Waals surface area contributed by atoms with Gasteiger partial charge in [0, 0.05) is 22.6 Å². The third kappa shape index (κ3) is 3.72. The van der Waals surface area contributed by atoms with E-state index in [2.05, 4.69) is 4.98 Å². The maximum Gasteiger partial charge on any atom is 0.339 e. The first-order valence-electron chi connectivity index (χ1n) is 7.47. The molecule has 0 bridgehead atoms. The maximum atomic E-state index is 12.2. The average Bonchev–Trinajstić information content (AvgIpc) is 3.09. The van der Waals surface area contributed by atoms with Crippen LogP contribution in [0.5, 0.6) is 0 Å². The van der Waals surface area contributed by atoms with Crippen LogP contribution in [0.1, 0.15) is 21.6 Å². The zero-order chi connectivity index (χ0) is 17.8. The van der Waals surface area contributed by atoms with Crippen molar-refractivity contribution in [1.29, 1.82) is 0 Å². The summed E-state index contributed by atoms with van der Waals surface area (Å²) in [7, 11) is 0. The molecule has 0 spiro atoms. The first kappa shape index (κ1) is 16.8. The molecule has 25 heavy (non-hydrogen) atoms. The van der Waals surface area contributed by atoms with Crippen LogP contribution in [-0.2, 0) is 11.3 Å². The van der Waals surface area contributed by atoms with Crippen molar-refractivity contribution in [3.05, 3.63) is 80.8 Å². The monoisotopic (exact) mass is 354 g/mol. The highest BCUT2D eigenvalue weighted by atomic mass is 32.1. The fraction of sp³-hybridized carbons (Fsp3) is 0.111. The Balaban J connectivity index is 1.70. The van der Waals surface area contributed by atoms with Crippen LogP contribution in [0.3, 0.4) is 0 Å². The molecule has 3 rings (SSSR count). The molecule has 0 saturated carbocycles. The fourth-order valence-corrected chi connectivity index (χ4v) is 3.16. The summed E-state index contributed by atoms with van der Waals surface area (Å²) in [6.07, 6.45) is 0. The highest BCUT2D eigenvalue weighted by molar-refractivity contribution is 7.13. The van der Waals surface area contributed by atoms with Crippen LogP contribution in [-0.4, -0.2) is 15.9 Å². The predicted octanol–water partition coefficient (Wildman–Crippen LogP) is 4.38. The number of benzene rings is 2. The number of carbonyl (C=O) groups is 1. The molecule has 0 amide bonds. The molecule has 7 heteroatoms. The number of nitro groups is 1. The molecule has 0 fully saturated rings. The number of rotatable bonds is 5. The van der Waals surface area contributed by atoms with Gasteiger partial charge in [-0.05, 0) is 13.0 Å². The first-order chi connectivity index (χ1) is 12.1. The van der Waals surface area contributed by atoms with Gasteiger partial charge in [0.25, 0.3) is 5.69 Å². The smallest absolute Gasteiger partial charge is 0.339 e. The van der Waals surface area contributed by atoms with Crippen molar-refractivity contribution in [2.45, 2.75) is 13.5 Å². The van der Waals surface area contributed by atoms with E-state index in [4.69, 9.17) is 4.74 Å². The molecule has 6 nitrogen and oxygen atoms in total. The molecule has 3 aromatic rings. The summed E-state index contributed by atoms with van der Waals surface area (Å²) in [6.45, 7) is 1.55. The first-order valence-corrected chi connectivity index (χ1v) is 8.35. The number of hydrogen-bond donors (Lipinski definition) is 0. The lowest BCUT2D eigenvalue weighted by atomic mass is 10.1. The molecule has 0 saturated heterocycles. The van der Waals surface area contributed by atoms with Crippen LogP contribution >= 0.6 is 11.3 Å². The van der Waals surface area contributed by atoms with E-state index in [1.165, 1.54) is 36.5 Å². The summed E-state index contributed by atoms with van der Waals surface area (Å²) < 4.78 is 5.26. The molecule has 0 aliphatic heterocycles. The molecule has 0 N–H and O–H groups in total. The van der Waals surface area contributed by atoms with Crippen molar-refractivity contribution < 1.29 is 14.5 Å². The third-order valence-corrected chi connectivity index (χ3v) is 4.59. The summed E-state index contributed by atoms with van der Waals surface area (Å²) in [5, 5.41) is 13.6. The van der Waals surface area contributed by atoms with Crippen molar-refractivity contribution >= 4 is 23.0 Å². The Morgan fingerprint density at radius 1 is 1.20 bits per heavy atom. The standard InChI is InChI=1S/C18H14N2O4S/c1-12-15(8-5-9-16(12)20(22)23)18(21)24-10-14-11-25-17(19-14)13-6-3-2-4-7-13/h2-9,11H,10H2,1H3. The molecule has 2 aromatic carbocycles. The van der Waals surface area contributed by atoms with E-state index >= 15 is 0 Å². The van der Waals surface area contributed by atoms with Crippen molar-refractivity contribution in [1.82, 2.24) is 4.98 Å². The van der Waals surface area contributed by atoms with Crippen LogP contribution in [0.25, 0.3) is 10.6 Å². The lowest BCUT2D eigenvalue weighted by molar-refractivity contribution is -0.385. The average molecular weight is 354 g/mol. The number of nitro benzene ring substituents is 1. The minimum atomic E-state index is -0.601. The van der Waals surface area contributed by atoms with Gasteiger partial charge in [0.1, 0.15) is 11.6 Å². The maximum absolute atomic E-state index is 12.2. The van der Waals surface area contributed by atoms with E-state index in [0.29, 0.717) is 11.3 Å². The number of nitrogens with zero attached hydrogens (tertiary/aromatic N) is 2. The molecule has 0 aliphatic rings. The summed E-state index contributed by atoms with van der Waals surface area (Å²) in [4.78, 5) is 27.1. The zero-order valence-corrected chi connectivity index (χ0v) is 14.2. The van der Waals surface area contributed by atoms with Crippen molar-refractivity contribution in [2.75, 3.05) is 0 Å². The second-order valence-corrected chi connectivity index (χ2v) is 6.15. The van der Waals surface area contributed by atoms with Gasteiger partial charge in [-0.25, -0.2) is 9.78 Å². The summed E-state index contributed by atoms with van der Waals surface area (Å²) >= 11 is 1.47. The minimum absolute atomic E-state index is 0.0182. The molecule has 0 radical (unpaired) electrons. The lowest BCUT2D eigenvalue weighted by Gasteiger charge is -2.06. The normalized spacial score (nSPS) is 10.4.